The summed E-state index contributed by atoms with van der Waals surface area (Å²) in [6.45, 7) is 2.05. The molecule has 1 N–H and O–H groups in total. The minimum absolute atomic E-state index is 0.0498. The van der Waals surface area contributed by atoms with Gasteiger partial charge >= 0.3 is 0 Å². The van der Waals surface area contributed by atoms with E-state index in [1.165, 1.54) is 0 Å². The van der Waals surface area contributed by atoms with Crippen LogP contribution >= 0.6 is 23.2 Å². The van der Waals surface area contributed by atoms with E-state index < -0.39 is 0 Å². The summed E-state index contributed by atoms with van der Waals surface area (Å²) in [6, 6.07) is 10.6. The molecule has 5 nitrogen and oxygen atoms in total. The Kier molecular flexibility index (Phi) is 6.47. The van der Waals surface area contributed by atoms with Gasteiger partial charge in [-0.25, -0.2) is 0 Å². The molecule has 0 fully saturated rings. The Bertz CT molecular complexity index is 782. The Labute approximate surface area is 162 Å². The number of nitrogens with one attached hydrogen (secondary N) is 1. The Balaban J connectivity index is 1.38. The van der Waals surface area contributed by atoms with Gasteiger partial charge in [-0.2, -0.15) is 0 Å². The first-order valence-corrected chi connectivity index (χ1v) is 9.10. The second-order valence-electron chi connectivity index (χ2n) is 5.78. The predicted molar refractivity (Wildman–Crippen MR) is 101 cm³/mol. The zero-order valence-electron chi connectivity index (χ0n) is 14.1. The van der Waals surface area contributed by atoms with Crippen LogP contribution in [0, 0.1) is 0 Å². The average molecular weight is 396 g/mol. The normalized spacial score (nSPS) is 12.5. The van der Waals surface area contributed by atoms with Crippen LogP contribution in [0.25, 0.3) is 0 Å². The lowest BCUT2D eigenvalue weighted by molar-refractivity contribution is -0.120. The van der Waals surface area contributed by atoms with Crippen LogP contribution in [0.1, 0.15) is 12.0 Å². The number of fused-ring (bicyclic) bond motifs is 1. The highest BCUT2D eigenvalue weighted by Gasteiger charge is 2.13. The third-order valence-electron chi connectivity index (χ3n) is 3.77. The molecule has 1 heterocycles. The number of ether oxygens (including phenoxy) is 3. The van der Waals surface area contributed by atoms with Crippen LogP contribution in [0.5, 0.6) is 17.2 Å². The zero-order valence-corrected chi connectivity index (χ0v) is 15.6. The number of benzene rings is 2. The van der Waals surface area contributed by atoms with E-state index in [9.17, 15) is 4.79 Å². The van der Waals surface area contributed by atoms with Gasteiger partial charge in [0.25, 0.3) is 0 Å². The van der Waals surface area contributed by atoms with Crippen LogP contribution in [0.4, 0.5) is 0 Å². The molecule has 2 aromatic carbocycles. The summed E-state index contributed by atoms with van der Waals surface area (Å²) in [5.74, 6) is 1.94. The molecular weight excluding hydrogens is 377 g/mol. The first-order valence-electron chi connectivity index (χ1n) is 8.35. The number of hydrogen-bond donors (Lipinski definition) is 1. The summed E-state index contributed by atoms with van der Waals surface area (Å²) < 4.78 is 16.6. The third-order valence-corrected chi connectivity index (χ3v) is 4.30. The monoisotopic (exact) mass is 395 g/mol. The van der Waals surface area contributed by atoms with Gasteiger partial charge in [0.05, 0.1) is 18.1 Å². The van der Waals surface area contributed by atoms with Gasteiger partial charge in [0, 0.05) is 11.6 Å². The van der Waals surface area contributed by atoms with E-state index in [1.807, 2.05) is 18.2 Å². The SMILES string of the molecule is O=C(Cc1ccc2c(c1)OCCO2)NCCCOc1ccc(Cl)cc1Cl. The molecule has 0 bridgehead atoms. The molecule has 1 aliphatic heterocycles. The standard InChI is InChI=1S/C19H19Cl2NO4/c20-14-3-5-16(15(21)12-14)24-7-1-6-22-19(23)11-13-2-4-17-18(10-13)26-9-8-25-17/h2-5,10,12H,1,6-9,11H2,(H,22,23). The van der Waals surface area contributed by atoms with Gasteiger partial charge < -0.3 is 19.5 Å². The summed E-state index contributed by atoms with van der Waals surface area (Å²) in [7, 11) is 0. The maximum Gasteiger partial charge on any atom is 0.224 e. The molecule has 138 valence electrons. The minimum Gasteiger partial charge on any atom is -0.492 e. The van der Waals surface area contributed by atoms with Crippen molar-refractivity contribution in [3.05, 3.63) is 52.0 Å². The van der Waals surface area contributed by atoms with Crippen LogP contribution < -0.4 is 19.5 Å². The Morgan fingerprint density at radius 1 is 1.08 bits per heavy atom. The van der Waals surface area contributed by atoms with Crippen molar-refractivity contribution >= 4 is 29.1 Å². The van der Waals surface area contributed by atoms with Gasteiger partial charge in [-0.05, 0) is 42.3 Å². The topological polar surface area (TPSA) is 56.8 Å². The quantitative estimate of drug-likeness (QED) is 0.722. The Morgan fingerprint density at radius 2 is 1.88 bits per heavy atom. The van der Waals surface area contributed by atoms with E-state index in [0.717, 1.165) is 11.3 Å². The molecule has 3 rings (SSSR count). The average Bonchev–Trinajstić information content (AvgIpc) is 2.63. The second-order valence-corrected chi connectivity index (χ2v) is 6.63. The molecule has 0 atom stereocenters. The van der Waals surface area contributed by atoms with E-state index in [0.29, 0.717) is 60.8 Å². The largest absolute Gasteiger partial charge is 0.492 e. The van der Waals surface area contributed by atoms with E-state index in [1.54, 1.807) is 18.2 Å². The molecule has 7 heteroatoms. The van der Waals surface area contributed by atoms with Crippen LogP contribution in [-0.2, 0) is 11.2 Å². The number of amides is 1. The second kappa shape index (κ2) is 9.01. The van der Waals surface area contributed by atoms with Crippen molar-refractivity contribution in [2.45, 2.75) is 12.8 Å². The third kappa shape index (κ3) is 5.19. The maximum absolute atomic E-state index is 12.0. The zero-order chi connectivity index (χ0) is 18.4. The van der Waals surface area contributed by atoms with Gasteiger partial charge in [0.15, 0.2) is 11.5 Å². The Hall–Kier alpha value is -2.11. The highest BCUT2D eigenvalue weighted by Crippen LogP contribution is 2.31. The number of halogens is 2. The van der Waals surface area contributed by atoms with Crippen LogP contribution in [0.2, 0.25) is 10.0 Å². The van der Waals surface area contributed by atoms with Gasteiger partial charge in [-0.1, -0.05) is 29.3 Å². The lowest BCUT2D eigenvalue weighted by atomic mass is 10.1. The van der Waals surface area contributed by atoms with Crippen molar-refractivity contribution in [3.8, 4) is 17.2 Å². The first kappa shape index (κ1) is 18.7. The number of hydrogen-bond acceptors (Lipinski definition) is 4. The van der Waals surface area contributed by atoms with E-state index in [2.05, 4.69) is 5.32 Å². The lowest BCUT2D eigenvalue weighted by Crippen LogP contribution is -2.27. The highest BCUT2D eigenvalue weighted by molar-refractivity contribution is 6.35. The molecule has 0 unspecified atom stereocenters. The lowest BCUT2D eigenvalue weighted by Gasteiger charge is -2.18. The fourth-order valence-electron chi connectivity index (χ4n) is 2.52. The predicted octanol–water partition coefficient (Wildman–Crippen LogP) is 3.89. The molecule has 26 heavy (non-hydrogen) atoms. The molecule has 0 aliphatic carbocycles. The first-order chi connectivity index (χ1) is 12.6. The van der Waals surface area contributed by atoms with Crippen molar-refractivity contribution in [2.75, 3.05) is 26.4 Å². The molecule has 0 saturated heterocycles. The van der Waals surface area contributed by atoms with Crippen LogP contribution in [0.3, 0.4) is 0 Å². The molecule has 0 spiro atoms. The smallest absolute Gasteiger partial charge is 0.224 e. The van der Waals surface area contributed by atoms with Crippen molar-refractivity contribution in [1.82, 2.24) is 5.32 Å². The molecular formula is C19H19Cl2NO4. The van der Waals surface area contributed by atoms with Crippen molar-refractivity contribution < 1.29 is 19.0 Å². The highest BCUT2D eigenvalue weighted by atomic mass is 35.5. The van der Waals surface area contributed by atoms with Gasteiger partial charge in [0.1, 0.15) is 19.0 Å². The van der Waals surface area contributed by atoms with Gasteiger partial charge in [-0.3, -0.25) is 4.79 Å². The summed E-state index contributed by atoms with van der Waals surface area (Å²) in [5, 5.41) is 3.91. The molecule has 1 amide bonds. The Morgan fingerprint density at radius 3 is 2.69 bits per heavy atom. The van der Waals surface area contributed by atoms with Gasteiger partial charge in [0.2, 0.25) is 5.91 Å². The summed E-state index contributed by atoms with van der Waals surface area (Å²) in [5.41, 5.74) is 0.885. The fraction of sp³-hybridized carbons (Fsp3) is 0.316. The minimum atomic E-state index is -0.0498. The van der Waals surface area contributed by atoms with Crippen LogP contribution in [-0.4, -0.2) is 32.3 Å². The van der Waals surface area contributed by atoms with Crippen molar-refractivity contribution in [1.29, 1.82) is 0 Å². The summed E-state index contributed by atoms with van der Waals surface area (Å²) in [6.07, 6.45) is 0.965. The van der Waals surface area contributed by atoms with E-state index in [4.69, 9.17) is 37.4 Å². The molecule has 2 aromatic rings. The van der Waals surface area contributed by atoms with E-state index >= 15 is 0 Å². The molecule has 0 radical (unpaired) electrons. The number of rotatable bonds is 7. The molecule has 1 aliphatic rings. The van der Waals surface area contributed by atoms with E-state index in [-0.39, 0.29) is 5.91 Å². The van der Waals surface area contributed by atoms with Gasteiger partial charge in [-0.15, -0.1) is 0 Å². The maximum atomic E-state index is 12.0. The number of carbonyl (C=O) groups is 1. The summed E-state index contributed by atoms with van der Waals surface area (Å²) >= 11 is 11.9. The summed E-state index contributed by atoms with van der Waals surface area (Å²) in [4.78, 5) is 12.0. The van der Waals surface area contributed by atoms with Crippen molar-refractivity contribution in [3.63, 3.8) is 0 Å². The fourth-order valence-corrected chi connectivity index (χ4v) is 2.98. The van der Waals surface area contributed by atoms with Crippen LogP contribution in [0.15, 0.2) is 36.4 Å². The molecule has 0 saturated carbocycles. The molecule has 0 aromatic heterocycles. The van der Waals surface area contributed by atoms with Crippen molar-refractivity contribution in [2.24, 2.45) is 0 Å². The number of carbonyl (C=O) groups excluding carboxylic acids is 1.